The van der Waals surface area contributed by atoms with Gasteiger partial charge in [-0.15, -0.1) is 0 Å². The van der Waals surface area contributed by atoms with Gasteiger partial charge >= 0.3 is 0 Å². The highest BCUT2D eigenvalue weighted by molar-refractivity contribution is 5.80. The summed E-state index contributed by atoms with van der Waals surface area (Å²) in [6.07, 6.45) is 1.96. The van der Waals surface area contributed by atoms with Gasteiger partial charge in [0.2, 0.25) is 0 Å². The molecular weight excluding hydrogens is 254 g/mol. The van der Waals surface area contributed by atoms with E-state index >= 15 is 0 Å². The molecule has 0 amide bonds. The van der Waals surface area contributed by atoms with Crippen LogP contribution in [0, 0.1) is 0 Å². The number of nitrogens with two attached hydrogens (primary N) is 1. The molecular formula is C15H25N3O2. The minimum Gasteiger partial charge on any atom is -0.409 e. The topological polar surface area (TPSA) is 90.9 Å². The molecule has 0 bridgehead atoms. The SMILES string of the molecule is CCC(C)(CCO)NC(C/C(N)=N/O)c1ccccc1. The summed E-state index contributed by atoms with van der Waals surface area (Å²) in [6.45, 7) is 4.28. The smallest absolute Gasteiger partial charge is 0.141 e. The van der Waals surface area contributed by atoms with Crippen LogP contribution in [0.4, 0.5) is 0 Å². The van der Waals surface area contributed by atoms with Crippen LogP contribution in [-0.4, -0.2) is 28.3 Å². The summed E-state index contributed by atoms with van der Waals surface area (Å²) >= 11 is 0. The molecule has 112 valence electrons. The third-order valence-electron chi connectivity index (χ3n) is 3.71. The Morgan fingerprint density at radius 1 is 1.40 bits per heavy atom. The zero-order valence-corrected chi connectivity index (χ0v) is 12.2. The summed E-state index contributed by atoms with van der Waals surface area (Å²) in [5, 5.41) is 24.6. The Labute approximate surface area is 120 Å². The van der Waals surface area contributed by atoms with E-state index in [4.69, 9.17) is 10.9 Å². The lowest BCUT2D eigenvalue weighted by molar-refractivity contribution is 0.202. The number of aliphatic hydroxyl groups is 1. The number of nitrogens with one attached hydrogen (secondary N) is 1. The number of benzene rings is 1. The molecule has 1 aromatic rings. The molecule has 0 aromatic heterocycles. The third kappa shape index (κ3) is 4.83. The first kappa shape index (κ1) is 16.5. The van der Waals surface area contributed by atoms with Crippen LogP contribution < -0.4 is 11.1 Å². The zero-order valence-electron chi connectivity index (χ0n) is 12.2. The molecule has 0 aliphatic heterocycles. The molecule has 0 saturated carbocycles. The first-order valence-corrected chi connectivity index (χ1v) is 6.94. The van der Waals surface area contributed by atoms with E-state index in [1.54, 1.807) is 0 Å². The van der Waals surface area contributed by atoms with E-state index < -0.39 is 0 Å². The predicted octanol–water partition coefficient (Wildman–Crippen LogP) is 2.00. The van der Waals surface area contributed by atoms with Gasteiger partial charge in [0.25, 0.3) is 0 Å². The maximum absolute atomic E-state index is 9.22. The highest BCUT2D eigenvalue weighted by Gasteiger charge is 2.26. The van der Waals surface area contributed by atoms with Crippen LogP contribution in [0.15, 0.2) is 35.5 Å². The normalized spacial score (nSPS) is 16.6. The summed E-state index contributed by atoms with van der Waals surface area (Å²) < 4.78 is 0. The number of hydrogen-bond donors (Lipinski definition) is 4. The van der Waals surface area contributed by atoms with Gasteiger partial charge in [0.05, 0.1) is 0 Å². The van der Waals surface area contributed by atoms with Crippen molar-refractivity contribution in [3.05, 3.63) is 35.9 Å². The van der Waals surface area contributed by atoms with Crippen molar-refractivity contribution in [2.24, 2.45) is 10.9 Å². The van der Waals surface area contributed by atoms with Crippen molar-refractivity contribution in [1.29, 1.82) is 0 Å². The Kier molecular flexibility index (Phi) is 6.48. The van der Waals surface area contributed by atoms with Crippen LogP contribution in [-0.2, 0) is 0 Å². The van der Waals surface area contributed by atoms with E-state index in [-0.39, 0.29) is 24.0 Å². The second-order valence-corrected chi connectivity index (χ2v) is 5.29. The molecule has 1 rings (SSSR count). The Morgan fingerprint density at radius 2 is 2.05 bits per heavy atom. The average molecular weight is 279 g/mol. The van der Waals surface area contributed by atoms with Crippen molar-refractivity contribution in [2.75, 3.05) is 6.61 Å². The van der Waals surface area contributed by atoms with E-state index in [0.29, 0.717) is 12.8 Å². The number of amidine groups is 1. The number of aliphatic hydroxyl groups excluding tert-OH is 1. The van der Waals surface area contributed by atoms with Gasteiger partial charge in [0, 0.05) is 24.6 Å². The van der Waals surface area contributed by atoms with Gasteiger partial charge in [0.1, 0.15) is 5.84 Å². The quantitative estimate of drug-likeness (QED) is 0.253. The van der Waals surface area contributed by atoms with Gasteiger partial charge in [-0.25, -0.2) is 0 Å². The van der Waals surface area contributed by atoms with Crippen LogP contribution >= 0.6 is 0 Å². The van der Waals surface area contributed by atoms with Crippen molar-refractivity contribution in [3.8, 4) is 0 Å². The van der Waals surface area contributed by atoms with Crippen LogP contribution in [0.3, 0.4) is 0 Å². The molecule has 0 saturated heterocycles. The fourth-order valence-corrected chi connectivity index (χ4v) is 2.21. The van der Waals surface area contributed by atoms with Gasteiger partial charge < -0.3 is 21.4 Å². The van der Waals surface area contributed by atoms with Crippen molar-refractivity contribution < 1.29 is 10.3 Å². The van der Waals surface area contributed by atoms with Gasteiger partial charge in [-0.05, 0) is 25.3 Å². The number of oxime groups is 1. The monoisotopic (exact) mass is 279 g/mol. The van der Waals surface area contributed by atoms with E-state index in [1.165, 1.54) is 0 Å². The van der Waals surface area contributed by atoms with Crippen molar-refractivity contribution in [1.82, 2.24) is 5.32 Å². The Hall–Kier alpha value is -1.59. The molecule has 20 heavy (non-hydrogen) atoms. The molecule has 2 atom stereocenters. The van der Waals surface area contributed by atoms with Crippen molar-refractivity contribution in [2.45, 2.75) is 44.7 Å². The maximum atomic E-state index is 9.22. The highest BCUT2D eigenvalue weighted by Crippen LogP contribution is 2.24. The Balaban J connectivity index is 2.93. The Morgan fingerprint density at radius 3 is 2.55 bits per heavy atom. The third-order valence-corrected chi connectivity index (χ3v) is 3.71. The fraction of sp³-hybridized carbons (Fsp3) is 0.533. The molecule has 0 spiro atoms. The van der Waals surface area contributed by atoms with Gasteiger partial charge in [0.15, 0.2) is 0 Å². The first-order valence-electron chi connectivity index (χ1n) is 6.94. The summed E-state index contributed by atoms with van der Waals surface area (Å²) in [5.41, 5.74) is 6.55. The van der Waals surface area contributed by atoms with Crippen LogP contribution in [0.25, 0.3) is 0 Å². The molecule has 0 fully saturated rings. The molecule has 1 aromatic carbocycles. The lowest BCUT2D eigenvalue weighted by atomic mass is 9.91. The van der Waals surface area contributed by atoms with Gasteiger partial charge in [-0.2, -0.15) is 0 Å². The molecule has 0 heterocycles. The standard InChI is InChI=1S/C15H25N3O2/c1-3-15(2,9-10-19)17-13(11-14(16)18-20)12-7-5-4-6-8-12/h4-8,13,17,19-20H,3,9-11H2,1-2H3,(H2,16,18). The fourth-order valence-electron chi connectivity index (χ4n) is 2.21. The number of nitrogens with zero attached hydrogens (tertiary/aromatic N) is 1. The largest absolute Gasteiger partial charge is 0.409 e. The lowest BCUT2D eigenvalue weighted by Crippen LogP contribution is -2.45. The first-order chi connectivity index (χ1) is 9.54. The minimum atomic E-state index is -0.189. The lowest BCUT2D eigenvalue weighted by Gasteiger charge is -2.34. The van der Waals surface area contributed by atoms with Crippen molar-refractivity contribution in [3.63, 3.8) is 0 Å². The summed E-state index contributed by atoms with van der Waals surface area (Å²) in [7, 11) is 0. The second kappa shape index (κ2) is 7.87. The highest BCUT2D eigenvalue weighted by atomic mass is 16.4. The maximum Gasteiger partial charge on any atom is 0.141 e. The predicted molar refractivity (Wildman–Crippen MR) is 80.7 cm³/mol. The number of hydrogen-bond acceptors (Lipinski definition) is 4. The van der Waals surface area contributed by atoms with Crippen LogP contribution in [0.1, 0.15) is 44.7 Å². The molecule has 5 heteroatoms. The minimum absolute atomic E-state index is 0.0522. The summed E-state index contributed by atoms with van der Waals surface area (Å²) in [5.74, 6) is 0.189. The molecule has 0 aliphatic carbocycles. The molecule has 5 N–H and O–H groups in total. The van der Waals surface area contributed by atoms with Crippen LogP contribution in [0.2, 0.25) is 0 Å². The van der Waals surface area contributed by atoms with E-state index in [0.717, 1.165) is 12.0 Å². The molecule has 5 nitrogen and oxygen atoms in total. The number of rotatable bonds is 8. The Bertz CT molecular complexity index is 422. The average Bonchev–Trinajstić information content (AvgIpc) is 2.47. The second-order valence-electron chi connectivity index (χ2n) is 5.29. The zero-order chi connectivity index (χ0) is 15.0. The summed E-state index contributed by atoms with van der Waals surface area (Å²) in [4.78, 5) is 0. The van der Waals surface area contributed by atoms with Gasteiger partial charge in [-0.3, -0.25) is 0 Å². The molecule has 2 unspecified atom stereocenters. The summed E-state index contributed by atoms with van der Waals surface area (Å²) in [6, 6.07) is 9.85. The molecule has 0 aliphatic rings. The molecule has 0 radical (unpaired) electrons. The van der Waals surface area contributed by atoms with Crippen molar-refractivity contribution >= 4 is 5.84 Å². The van der Waals surface area contributed by atoms with Crippen LogP contribution in [0.5, 0.6) is 0 Å². The van der Waals surface area contributed by atoms with Gasteiger partial charge in [-0.1, -0.05) is 42.4 Å². The van der Waals surface area contributed by atoms with E-state index in [2.05, 4.69) is 24.3 Å². The van der Waals surface area contributed by atoms with E-state index in [1.807, 2.05) is 30.3 Å². The van der Waals surface area contributed by atoms with E-state index in [9.17, 15) is 5.11 Å².